The van der Waals surface area contributed by atoms with Crippen LogP contribution in [0.1, 0.15) is 42.7 Å². The summed E-state index contributed by atoms with van der Waals surface area (Å²) in [5.74, 6) is 0.455. The maximum Gasteiger partial charge on any atom is 0.00890 e. The summed E-state index contributed by atoms with van der Waals surface area (Å²) in [7, 11) is 0. The van der Waals surface area contributed by atoms with Crippen molar-refractivity contribution in [2.24, 2.45) is 5.73 Å². The quantitative estimate of drug-likeness (QED) is 0.819. The predicted molar refractivity (Wildman–Crippen MR) is 73.2 cm³/mol. The van der Waals surface area contributed by atoms with Gasteiger partial charge in [0.1, 0.15) is 0 Å². The Morgan fingerprint density at radius 3 is 2.65 bits per heavy atom. The molecule has 1 saturated carbocycles. The number of rotatable bonds is 5. The summed E-state index contributed by atoms with van der Waals surface area (Å²) >= 11 is 0. The maximum atomic E-state index is 5.92. The lowest BCUT2D eigenvalue weighted by molar-refractivity contribution is 0.489. The summed E-state index contributed by atoms with van der Waals surface area (Å²) in [4.78, 5) is 0. The first-order chi connectivity index (χ1) is 8.31. The highest BCUT2D eigenvalue weighted by Gasteiger charge is 2.17. The summed E-state index contributed by atoms with van der Waals surface area (Å²) in [6.45, 7) is 3.92. The molecule has 0 saturated heterocycles. The first-order valence-corrected chi connectivity index (χ1v) is 6.80. The fourth-order valence-electron chi connectivity index (χ4n) is 2.80. The van der Waals surface area contributed by atoms with Crippen LogP contribution in [0.3, 0.4) is 0 Å². The molecule has 94 valence electrons. The number of aryl methyl sites for hydroxylation is 1. The minimum atomic E-state index is 0.455. The van der Waals surface area contributed by atoms with E-state index in [0.29, 0.717) is 5.92 Å². The SMILES string of the molecule is Cc1ccccc1C(CN)CNC1CCCC1. The highest BCUT2D eigenvalue weighted by molar-refractivity contribution is 5.29. The molecule has 1 aromatic carbocycles. The molecule has 0 amide bonds. The molecule has 3 N–H and O–H groups in total. The Labute approximate surface area is 105 Å². The summed E-state index contributed by atoms with van der Waals surface area (Å²) in [5, 5.41) is 3.68. The van der Waals surface area contributed by atoms with E-state index in [4.69, 9.17) is 5.73 Å². The Morgan fingerprint density at radius 1 is 1.29 bits per heavy atom. The van der Waals surface area contributed by atoms with Crippen LogP contribution in [0.2, 0.25) is 0 Å². The summed E-state index contributed by atoms with van der Waals surface area (Å²) in [5.41, 5.74) is 8.68. The molecular weight excluding hydrogens is 208 g/mol. The average molecular weight is 232 g/mol. The minimum absolute atomic E-state index is 0.455. The molecule has 0 aromatic heterocycles. The molecular formula is C15H24N2. The molecule has 1 aliphatic rings. The van der Waals surface area contributed by atoms with Crippen LogP contribution in [0.15, 0.2) is 24.3 Å². The van der Waals surface area contributed by atoms with Gasteiger partial charge in [0.15, 0.2) is 0 Å². The van der Waals surface area contributed by atoms with E-state index in [1.54, 1.807) is 0 Å². The Kier molecular flexibility index (Phi) is 4.57. The van der Waals surface area contributed by atoms with Crippen LogP contribution in [0.4, 0.5) is 0 Å². The molecule has 2 nitrogen and oxygen atoms in total. The van der Waals surface area contributed by atoms with Gasteiger partial charge in [0.25, 0.3) is 0 Å². The van der Waals surface area contributed by atoms with Crippen molar-refractivity contribution >= 4 is 0 Å². The van der Waals surface area contributed by atoms with Gasteiger partial charge in [-0.1, -0.05) is 37.1 Å². The number of hydrogen-bond acceptors (Lipinski definition) is 2. The van der Waals surface area contributed by atoms with Gasteiger partial charge in [0, 0.05) is 25.0 Å². The molecule has 0 aliphatic heterocycles. The van der Waals surface area contributed by atoms with Gasteiger partial charge >= 0.3 is 0 Å². The summed E-state index contributed by atoms with van der Waals surface area (Å²) < 4.78 is 0. The second-order valence-electron chi connectivity index (χ2n) is 5.18. The third-order valence-electron chi connectivity index (χ3n) is 3.92. The van der Waals surface area contributed by atoms with Crippen molar-refractivity contribution in [3.05, 3.63) is 35.4 Å². The topological polar surface area (TPSA) is 38.0 Å². The van der Waals surface area contributed by atoms with Crippen molar-refractivity contribution in [1.82, 2.24) is 5.32 Å². The first-order valence-electron chi connectivity index (χ1n) is 6.80. The second kappa shape index (κ2) is 6.18. The Bertz CT molecular complexity index is 343. The average Bonchev–Trinajstić information content (AvgIpc) is 2.85. The molecule has 0 radical (unpaired) electrons. The number of benzene rings is 1. The fraction of sp³-hybridized carbons (Fsp3) is 0.600. The van der Waals surface area contributed by atoms with Crippen molar-refractivity contribution in [2.45, 2.75) is 44.6 Å². The van der Waals surface area contributed by atoms with Gasteiger partial charge in [-0.05, 0) is 30.9 Å². The number of nitrogens with two attached hydrogens (primary N) is 1. The number of nitrogens with one attached hydrogen (secondary N) is 1. The molecule has 1 atom stereocenters. The molecule has 1 aliphatic carbocycles. The van der Waals surface area contributed by atoms with E-state index in [9.17, 15) is 0 Å². The lowest BCUT2D eigenvalue weighted by Gasteiger charge is -2.21. The van der Waals surface area contributed by atoms with Crippen molar-refractivity contribution < 1.29 is 0 Å². The maximum absolute atomic E-state index is 5.92. The van der Waals surface area contributed by atoms with Gasteiger partial charge in [0.2, 0.25) is 0 Å². The van der Waals surface area contributed by atoms with Gasteiger partial charge in [-0.15, -0.1) is 0 Å². The monoisotopic (exact) mass is 232 g/mol. The minimum Gasteiger partial charge on any atom is -0.330 e. The van der Waals surface area contributed by atoms with E-state index >= 15 is 0 Å². The molecule has 2 rings (SSSR count). The van der Waals surface area contributed by atoms with E-state index in [2.05, 4.69) is 36.5 Å². The van der Waals surface area contributed by atoms with E-state index in [0.717, 1.165) is 19.1 Å². The summed E-state index contributed by atoms with van der Waals surface area (Å²) in [6, 6.07) is 9.32. The van der Waals surface area contributed by atoms with Gasteiger partial charge < -0.3 is 11.1 Å². The third-order valence-corrected chi connectivity index (χ3v) is 3.92. The van der Waals surface area contributed by atoms with E-state index in [1.807, 2.05) is 0 Å². The van der Waals surface area contributed by atoms with E-state index in [-0.39, 0.29) is 0 Å². The lowest BCUT2D eigenvalue weighted by Crippen LogP contribution is -2.33. The van der Waals surface area contributed by atoms with E-state index in [1.165, 1.54) is 36.8 Å². The molecule has 2 heteroatoms. The number of hydrogen-bond donors (Lipinski definition) is 2. The van der Waals surface area contributed by atoms with Crippen molar-refractivity contribution in [2.75, 3.05) is 13.1 Å². The van der Waals surface area contributed by atoms with Crippen molar-refractivity contribution in [3.63, 3.8) is 0 Å². The molecule has 1 aromatic rings. The lowest BCUT2D eigenvalue weighted by atomic mass is 9.94. The van der Waals surface area contributed by atoms with Crippen LogP contribution in [0, 0.1) is 6.92 Å². The first kappa shape index (κ1) is 12.6. The fourth-order valence-corrected chi connectivity index (χ4v) is 2.80. The van der Waals surface area contributed by atoms with Gasteiger partial charge in [-0.25, -0.2) is 0 Å². The van der Waals surface area contributed by atoms with Crippen LogP contribution >= 0.6 is 0 Å². The molecule has 1 fully saturated rings. The van der Waals surface area contributed by atoms with Crippen LogP contribution in [0.5, 0.6) is 0 Å². The molecule has 0 bridgehead atoms. The van der Waals surface area contributed by atoms with Crippen molar-refractivity contribution in [1.29, 1.82) is 0 Å². The Hall–Kier alpha value is -0.860. The van der Waals surface area contributed by atoms with E-state index < -0.39 is 0 Å². The van der Waals surface area contributed by atoms with Gasteiger partial charge in [0.05, 0.1) is 0 Å². The zero-order valence-corrected chi connectivity index (χ0v) is 10.8. The highest BCUT2D eigenvalue weighted by Crippen LogP contribution is 2.21. The highest BCUT2D eigenvalue weighted by atomic mass is 14.9. The molecule has 17 heavy (non-hydrogen) atoms. The van der Waals surface area contributed by atoms with Gasteiger partial charge in [-0.3, -0.25) is 0 Å². The standard InChI is InChI=1S/C15H24N2/c1-12-6-2-5-9-15(12)13(10-16)11-17-14-7-3-4-8-14/h2,5-6,9,13-14,17H,3-4,7-8,10-11,16H2,1H3. The normalized spacial score (nSPS) is 18.5. The molecule has 0 heterocycles. The molecule has 1 unspecified atom stereocenters. The van der Waals surface area contributed by atoms with Crippen LogP contribution in [-0.2, 0) is 0 Å². The predicted octanol–water partition coefficient (Wildman–Crippen LogP) is 2.57. The second-order valence-corrected chi connectivity index (χ2v) is 5.18. The Morgan fingerprint density at radius 2 is 2.00 bits per heavy atom. The van der Waals surface area contributed by atoms with Crippen LogP contribution in [0.25, 0.3) is 0 Å². The van der Waals surface area contributed by atoms with Crippen LogP contribution < -0.4 is 11.1 Å². The molecule has 0 spiro atoms. The zero-order valence-electron chi connectivity index (χ0n) is 10.8. The smallest absolute Gasteiger partial charge is 0.00890 e. The third kappa shape index (κ3) is 3.30. The van der Waals surface area contributed by atoms with Gasteiger partial charge in [-0.2, -0.15) is 0 Å². The summed E-state index contributed by atoms with van der Waals surface area (Å²) in [6.07, 6.45) is 5.45. The zero-order chi connectivity index (χ0) is 12.1. The Balaban J connectivity index is 1.94. The van der Waals surface area contributed by atoms with Crippen molar-refractivity contribution in [3.8, 4) is 0 Å². The largest absolute Gasteiger partial charge is 0.330 e. The van der Waals surface area contributed by atoms with Crippen LogP contribution in [-0.4, -0.2) is 19.1 Å².